The summed E-state index contributed by atoms with van der Waals surface area (Å²) in [5.41, 5.74) is 4.20. The number of amides is 2. The standard InChI is InChI=1S/C22H27N5O2/c1-12(2)20-10-16(17-11-23-27(13(3)4)21(17)25-20)22(29)26-19-9-7-8-18(14(19)5)24-15(6)28/h7-13H,1-6H3,(H,24,28)(H,26,29). The number of nitrogens with one attached hydrogen (secondary N) is 2. The van der Waals surface area contributed by atoms with Crippen molar-refractivity contribution in [3.8, 4) is 0 Å². The van der Waals surface area contributed by atoms with Gasteiger partial charge in [0, 0.05) is 30.0 Å². The molecule has 2 N–H and O–H groups in total. The van der Waals surface area contributed by atoms with Gasteiger partial charge < -0.3 is 10.6 Å². The second kappa shape index (κ2) is 8.03. The van der Waals surface area contributed by atoms with Crippen LogP contribution in [-0.2, 0) is 4.79 Å². The molecular weight excluding hydrogens is 366 g/mol. The molecule has 2 amide bonds. The van der Waals surface area contributed by atoms with Crippen molar-refractivity contribution < 1.29 is 9.59 Å². The second-order valence-corrected chi connectivity index (χ2v) is 7.78. The third-order valence-corrected chi connectivity index (χ3v) is 4.80. The molecule has 0 radical (unpaired) electrons. The molecule has 3 aromatic rings. The van der Waals surface area contributed by atoms with Crippen molar-refractivity contribution >= 4 is 34.2 Å². The Morgan fingerprint density at radius 1 is 1.07 bits per heavy atom. The number of fused-ring (bicyclic) bond motifs is 1. The van der Waals surface area contributed by atoms with E-state index in [1.54, 1.807) is 18.3 Å². The Morgan fingerprint density at radius 2 is 1.72 bits per heavy atom. The Bertz CT molecular complexity index is 1080. The predicted molar refractivity (Wildman–Crippen MR) is 115 cm³/mol. The number of carbonyl (C=O) groups is 2. The summed E-state index contributed by atoms with van der Waals surface area (Å²) in [7, 11) is 0. The van der Waals surface area contributed by atoms with Crippen molar-refractivity contribution in [1.82, 2.24) is 14.8 Å². The van der Waals surface area contributed by atoms with Crippen molar-refractivity contribution in [2.24, 2.45) is 0 Å². The minimum Gasteiger partial charge on any atom is -0.326 e. The van der Waals surface area contributed by atoms with E-state index in [9.17, 15) is 9.59 Å². The Hall–Kier alpha value is -3.22. The highest BCUT2D eigenvalue weighted by Crippen LogP contribution is 2.27. The third-order valence-electron chi connectivity index (χ3n) is 4.80. The molecule has 0 saturated heterocycles. The first kappa shape index (κ1) is 20.5. The number of carbonyl (C=O) groups excluding carboxylic acids is 2. The lowest BCUT2D eigenvalue weighted by atomic mass is 10.0. The maximum Gasteiger partial charge on any atom is 0.256 e. The fraction of sp³-hybridized carbons (Fsp3) is 0.364. The van der Waals surface area contributed by atoms with Gasteiger partial charge in [-0.1, -0.05) is 19.9 Å². The topological polar surface area (TPSA) is 88.9 Å². The fourth-order valence-electron chi connectivity index (χ4n) is 3.18. The van der Waals surface area contributed by atoms with E-state index in [2.05, 4.69) is 15.7 Å². The highest BCUT2D eigenvalue weighted by atomic mass is 16.2. The van der Waals surface area contributed by atoms with Crippen molar-refractivity contribution in [2.45, 2.75) is 53.5 Å². The van der Waals surface area contributed by atoms with E-state index in [0.717, 1.165) is 16.6 Å². The number of rotatable bonds is 5. The Kier molecular flexibility index (Phi) is 5.68. The molecule has 0 aliphatic carbocycles. The number of hydrogen-bond acceptors (Lipinski definition) is 4. The van der Waals surface area contributed by atoms with E-state index >= 15 is 0 Å². The summed E-state index contributed by atoms with van der Waals surface area (Å²) in [5.74, 6) is -0.216. The maximum absolute atomic E-state index is 13.2. The van der Waals surface area contributed by atoms with E-state index in [4.69, 9.17) is 4.98 Å². The van der Waals surface area contributed by atoms with Crippen molar-refractivity contribution in [1.29, 1.82) is 0 Å². The first-order chi connectivity index (χ1) is 13.7. The van der Waals surface area contributed by atoms with Crippen LogP contribution in [0.1, 0.15) is 68.2 Å². The molecule has 3 rings (SSSR count). The smallest absolute Gasteiger partial charge is 0.256 e. The van der Waals surface area contributed by atoms with Gasteiger partial charge in [-0.05, 0) is 50.5 Å². The van der Waals surface area contributed by atoms with Crippen molar-refractivity contribution in [3.05, 3.63) is 47.3 Å². The van der Waals surface area contributed by atoms with Gasteiger partial charge in [0.25, 0.3) is 5.91 Å². The summed E-state index contributed by atoms with van der Waals surface area (Å²) in [4.78, 5) is 29.4. The lowest BCUT2D eigenvalue weighted by molar-refractivity contribution is -0.114. The fourth-order valence-corrected chi connectivity index (χ4v) is 3.18. The van der Waals surface area contributed by atoms with Crippen LogP contribution in [0.2, 0.25) is 0 Å². The first-order valence-corrected chi connectivity index (χ1v) is 9.75. The van der Waals surface area contributed by atoms with Crippen LogP contribution in [0.4, 0.5) is 11.4 Å². The molecule has 7 heteroatoms. The van der Waals surface area contributed by atoms with Crippen LogP contribution in [0.5, 0.6) is 0 Å². The number of hydrogen-bond donors (Lipinski definition) is 2. The van der Waals surface area contributed by atoms with Gasteiger partial charge in [0.1, 0.15) is 0 Å². The number of nitrogens with zero attached hydrogens (tertiary/aromatic N) is 3. The Balaban J connectivity index is 2.05. The van der Waals surface area contributed by atoms with E-state index in [0.29, 0.717) is 22.6 Å². The van der Waals surface area contributed by atoms with Crippen molar-refractivity contribution in [3.63, 3.8) is 0 Å². The van der Waals surface area contributed by atoms with Gasteiger partial charge in [-0.15, -0.1) is 0 Å². The Morgan fingerprint density at radius 3 is 2.31 bits per heavy atom. The highest BCUT2D eigenvalue weighted by Gasteiger charge is 2.20. The van der Waals surface area contributed by atoms with Crippen molar-refractivity contribution in [2.75, 3.05) is 10.6 Å². The van der Waals surface area contributed by atoms with E-state index in [-0.39, 0.29) is 23.8 Å². The molecule has 0 unspecified atom stereocenters. The van der Waals surface area contributed by atoms with Crippen LogP contribution in [0.15, 0.2) is 30.5 Å². The molecular formula is C22H27N5O2. The lowest BCUT2D eigenvalue weighted by Gasteiger charge is -2.15. The molecule has 7 nitrogen and oxygen atoms in total. The molecule has 29 heavy (non-hydrogen) atoms. The minimum absolute atomic E-state index is 0.134. The molecule has 0 spiro atoms. The molecule has 0 fully saturated rings. The van der Waals surface area contributed by atoms with Gasteiger partial charge in [-0.25, -0.2) is 9.67 Å². The molecule has 1 aromatic carbocycles. The van der Waals surface area contributed by atoms with Crippen LogP contribution >= 0.6 is 0 Å². The van der Waals surface area contributed by atoms with Crippen LogP contribution in [-0.4, -0.2) is 26.6 Å². The number of anilines is 2. The van der Waals surface area contributed by atoms with Gasteiger partial charge >= 0.3 is 0 Å². The SMILES string of the molecule is CC(=O)Nc1cccc(NC(=O)c2cc(C(C)C)nc3c2cnn3C(C)C)c1C. The van der Waals surface area contributed by atoms with Crippen LogP contribution in [0, 0.1) is 6.92 Å². The number of benzene rings is 1. The van der Waals surface area contributed by atoms with E-state index < -0.39 is 0 Å². The molecule has 0 saturated carbocycles. The summed E-state index contributed by atoms with van der Waals surface area (Å²) < 4.78 is 1.83. The molecule has 0 atom stereocenters. The van der Waals surface area contributed by atoms with E-state index in [1.165, 1.54) is 6.92 Å². The minimum atomic E-state index is -0.231. The van der Waals surface area contributed by atoms with Gasteiger partial charge in [0.15, 0.2) is 5.65 Å². The van der Waals surface area contributed by atoms with Gasteiger partial charge in [0.2, 0.25) is 5.91 Å². The van der Waals surface area contributed by atoms with Crippen LogP contribution in [0.3, 0.4) is 0 Å². The zero-order chi connectivity index (χ0) is 21.3. The van der Waals surface area contributed by atoms with Gasteiger partial charge in [0.05, 0.1) is 17.1 Å². The average molecular weight is 393 g/mol. The number of pyridine rings is 1. The molecule has 0 aliphatic heterocycles. The molecule has 0 bridgehead atoms. The monoisotopic (exact) mass is 393 g/mol. The normalized spacial score (nSPS) is 11.3. The largest absolute Gasteiger partial charge is 0.326 e. The summed E-state index contributed by atoms with van der Waals surface area (Å²) in [6, 6.07) is 7.39. The zero-order valence-electron chi connectivity index (χ0n) is 17.7. The summed E-state index contributed by atoms with van der Waals surface area (Å²) in [6.45, 7) is 11.5. The number of aromatic nitrogens is 3. The van der Waals surface area contributed by atoms with Crippen LogP contribution in [0.25, 0.3) is 11.0 Å². The van der Waals surface area contributed by atoms with Gasteiger partial charge in [-0.2, -0.15) is 5.10 Å². The first-order valence-electron chi connectivity index (χ1n) is 9.75. The predicted octanol–water partition coefficient (Wildman–Crippen LogP) is 4.65. The summed E-state index contributed by atoms with van der Waals surface area (Å²) in [5, 5.41) is 10.9. The molecule has 2 aromatic heterocycles. The summed E-state index contributed by atoms with van der Waals surface area (Å²) in [6.07, 6.45) is 1.70. The third kappa shape index (κ3) is 4.13. The van der Waals surface area contributed by atoms with Crippen LogP contribution < -0.4 is 10.6 Å². The molecule has 152 valence electrons. The van der Waals surface area contributed by atoms with E-state index in [1.807, 2.05) is 51.4 Å². The maximum atomic E-state index is 13.2. The summed E-state index contributed by atoms with van der Waals surface area (Å²) >= 11 is 0. The molecule has 2 heterocycles. The highest BCUT2D eigenvalue weighted by molar-refractivity contribution is 6.12. The average Bonchev–Trinajstić information content (AvgIpc) is 3.08. The quantitative estimate of drug-likeness (QED) is 0.660. The second-order valence-electron chi connectivity index (χ2n) is 7.78. The van der Waals surface area contributed by atoms with Gasteiger partial charge in [-0.3, -0.25) is 9.59 Å². The lowest BCUT2D eigenvalue weighted by Crippen LogP contribution is -2.16. The molecule has 0 aliphatic rings. The zero-order valence-corrected chi connectivity index (χ0v) is 17.7. The Labute approximate surface area is 170 Å².